The molecule has 0 aromatic carbocycles. The highest BCUT2D eigenvalue weighted by atomic mass is 16.2. The Morgan fingerprint density at radius 3 is 2.50 bits per heavy atom. The lowest BCUT2D eigenvalue weighted by Gasteiger charge is -1.98. The van der Waals surface area contributed by atoms with Crippen LogP contribution in [0.15, 0.2) is 17.2 Å². The van der Waals surface area contributed by atoms with Crippen LogP contribution in [0, 0.1) is 0 Å². The molecule has 14 heavy (non-hydrogen) atoms. The summed E-state index contributed by atoms with van der Waals surface area (Å²) in [4.78, 5) is 22.7. The summed E-state index contributed by atoms with van der Waals surface area (Å²) in [7, 11) is 0. The number of nitrogens with zero attached hydrogens (tertiary/aromatic N) is 2. The summed E-state index contributed by atoms with van der Waals surface area (Å²) in [6.45, 7) is 4.73. The summed E-state index contributed by atoms with van der Waals surface area (Å²) in [5.74, 6) is 0.0846. The van der Waals surface area contributed by atoms with Crippen LogP contribution in [0.4, 0.5) is 0 Å². The Hall–Kier alpha value is -1.32. The maximum Gasteiger partial charge on any atom is 0.328 e. The SMILES string of the molecule is CCCn1ccn(CC(=O)CC)c1=O. The fourth-order valence-electron chi connectivity index (χ4n) is 1.29. The van der Waals surface area contributed by atoms with Gasteiger partial charge < -0.3 is 0 Å². The molecule has 0 spiro atoms. The van der Waals surface area contributed by atoms with Crippen LogP contribution in [-0.2, 0) is 17.9 Å². The van der Waals surface area contributed by atoms with Crippen molar-refractivity contribution >= 4 is 5.78 Å². The summed E-state index contributed by atoms with van der Waals surface area (Å²) in [6, 6.07) is 0. The van der Waals surface area contributed by atoms with Gasteiger partial charge in [0.1, 0.15) is 0 Å². The van der Waals surface area contributed by atoms with Gasteiger partial charge in [0.15, 0.2) is 5.78 Å². The van der Waals surface area contributed by atoms with Gasteiger partial charge in [-0.2, -0.15) is 0 Å². The van der Waals surface area contributed by atoms with Crippen molar-refractivity contribution in [3.63, 3.8) is 0 Å². The van der Waals surface area contributed by atoms with Gasteiger partial charge in [-0.05, 0) is 6.42 Å². The fraction of sp³-hybridized carbons (Fsp3) is 0.600. The summed E-state index contributed by atoms with van der Waals surface area (Å²) >= 11 is 0. The van der Waals surface area contributed by atoms with E-state index in [1.807, 2.05) is 6.92 Å². The lowest BCUT2D eigenvalue weighted by Crippen LogP contribution is -2.26. The molecule has 0 unspecified atom stereocenters. The molecule has 1 aromatic rings. The van der Waals surface area contributed by atoms with Gasteiger partial charge in [-0.25, -0.2) is 4.79 Å². The molecule has 4 nitrogen and oxygen atoms in total. The molecule has 1 aromatic heterocycles. The molecular weight excluding hydrogens is 180 g/mol. The van der Waals surface area contributed by atoms with Crippen molar-refractivity contribution in [2.75, 3.05) is 0 Å². The highest BCUT2D eigenvalue weighted by molar-refractivity contribution is 5.77. The van der Waals surface area contributed by atoms with Crippen LogP contribution in [0.2, 0.25) is 0 Å². The van der Waals surface area contributed by atoms with Crippen LogP contribution in [0.3, 0.4) is 0 Å². The minimum Gasteiger partial charge on any atom is -0.299 e. The molecule has 0 amide bonds. The molecule has 0 fully saturated rings. The van der Waals surface area contributed by atoms with E-state index in [9.17, 15) is 9.59 Å². The number of aryl methyl sites for hydroxylation is 1. The maximum atomic E-state index is 11.6. The number of rotatable bonds is 5. The predicted molar refractivity (Wildman–Crippen MR) is 54.3 cm³/mol. The molecule has 0 aliphatic carbocycles. The van der Waals surface area contributed by atoms with E-state index in [4.69, 9.17) is 0 Å². The molecular formula is C10H16N2O2. The normalized spacial score (nSPS) is 10.4. The molecule has 0 bridgehead atoms. The van der Waals surface area contributed by atoms with Gasteiger partial charge in [-0.15, -0.1) is 0 Å². The highest BCUT2D eigenvalue weighted by Gasteiger charge is 2.05. The molecule has 1 heterocycles. The summed E-state index contributed by atoms with van der Waals surface area (Å²) in [5.41, 5.74) is -0.0892. The van der Waals surface area contributed by atoms with Gasteiger partial charge in [0.25, 0.3) is 0 Å². The molecule has 0 atom stereocenters. The van der Waals surface area contributed by atoms with E-state index in [0.29, 0.717) is 13.0 Å². The molecule has 0 saturated heterocycles. The van der Waals surface area contributed by atoms with Crippen molar-refractivity contribution in [3.8, 4) is 0 Å². The quantitative estimate of drug-likeness (QED) is 0.706. The number of hydrogen-bond acceptors (Lipinski definition) is 2. The van der Waals surface area contributed by atoms with Gasteiger partial charge >= 0.3 is 5.69 Å². The van der Waals surface area contributed by atoms with Crippen molar-refractivity contribution in [1.29, 1.82) is 0 Å². The van der Waals surface area contributed by atoms with Crippen molar-refractivity contribution in [2.45, 2.75) is 39.8 Å². The smallest absolute Gasteiger partial charge is 0.299 e. The number of carbonyl (C=O) groups excluding carboxylic acids is 1. The van der Waals surface area contributed by atoms with Gasteiger partial charge in [-0.1, -0.05) is 13.8 Å². The second-order valence-electron chi connectivity index (χ2n) is 3.29. The van der Waals surface area contributed by atoms with E-state index in [-0.39, 0.29) is 18.0 Å². The first-order valence-corrected chi connectivity index (χ1v) is 4.96. The van der Waals surface area contributed by atoms with E-state index >= 15 is 0 Å². The second kappa shape index (κ2) is 4.79. The molecule has 4 heteroatoms. The molecule has 0 radical (unpaired) electrons. The van der Waals surface area contributed by atoms with Crippen molar-refractivity contribution in [3.05, 3.63) is 22.9 Å². The molecule has 78 valence electrons. The minimum atomic E-state index is -0.0892. The largest absolute Gasteiger partial charge is 0.328 e. The number of Topliss-reactive ketones (excluding diaryl/α,β-unsaturated/α-hetero) is 1. The maximum absolute atomic E-state index is 11.6. The van der Waals surface area contributed by atoms with E-state index in [0.717, 1.165) is 6.42 Å². The van der Waals surface area contributed by atoms with Crippen molar-refractivity contribution in [2.24, 2.45) is 0 Å². The Labute approximate surface area is 83.2 Å². The van der Waals surface area contributed by atoms with Gasteiger partial charge in [-0.3, -0.25) is 13.9 Å². The van der Waals surface area contributed by atoms with Crippen LogP contribution in [-0.4, -0.2) is 14.9 Å². The Morgan fingerprint density at radius 1 is 1.29 bits per heavy atom. The third kappa shape index (κ3) is 2.34. The minimum absolute atomic E-state index is 0.0846. The number of carbonyl (C=O) groups is 1. The number of imidazole rings is 1. The third-order valence-electron chi connectivity index (χ3n) is 2.12. The zero-order chi connectivity index (χ0) is 10.6. The lowest BCUT2D eigenvalue weighted by atomic mass is 10.3. The second-order valence-corrected chi connectivity index (χ2v) is 3.29. The Kier molecular flexibility index (Phi) is 3.68. The molecule has 0 aliphatic rings. The third-order valence-corrected chi connectivity index (χ3v) is 2.12. The average molecular weight is 196 g/mol. The molecule has 0 saturated carbocycles. The number of ketones is 1. The monoisotopic (exact) mass is 196 g/mol. The van der Waals surface area contributed by atoms with Gasteiger partial charge in [0.05, 0.1) is 6.54 Å². The summed E-state index contributed by atoms with van der Waals surface area (Å²) < 4.78 is 3.09. The van der Waals surface area contributed by atoms with Crippen molar-refractivity contribution in [1.82, 2.24) is 9.13 Å². The fourth-order valence-corrected chi connectivity index (χ4v) is 1.29. The topological polar surface area (TPSA) is 44.0 Å². The molecule has 1 rings (SSSR count). The van der Waals surface area contributed by atoms with E-state index < -0.39 is 0 Å². The van der Waals surface area contributed by atoms with Crippen LogP contribution >= 0.6 is 0 Å². The predicted octanol–water partition coefficient (Wildman–Crippen LogP) is 1.04. The summed E-state index contributed by atoms with van der Waals surface area (Å²) in [5, 5.41) is 0. The molecule has 0 aliphatic heterocycles. The Morgan fingerprint density at radius 2 is 1.93 bits per heavy atom. The number of aromatic nitrogens is 2. The van der Waals surface area contributed by atoms with E-state index in [1.165, 1.54) is 4.57 Å². The van der Waals surface area contributed by atoms with Crippen molar-refractivity contribution < 1.29 is 4.79 Å². The van der Waals surface area contributed by atoms with Crippen LogP contribution in [0.25, 0.3) is 0 Å². The van der Waals surface area contributed by atoms with Gasteiger partial charge in [0.2, 0.25) is 0 Å². The zero-order valence-electron chi connectivity index (χ0n) is 8.69. The first-order valence-electron chi connectivity index (χ1n) is 4.96. The van der Waals surface area contributed by atoms with E-state index in [2.05, 4.69) is 0 Å². The van der Waals surface area contributed by atoms with Crippen LogP contribution in [0.1, 0.15) is 26.7 Å². The van der Waals surface area contributed by atoms with Crippen LogP contribution in [0.5, 0.6) is 0 Å². The van der Waals surface area contributed by atoms with Gasteiger partial charge in [0, 0.05) is 25.4 Å². The first kappa shape index (κ1) is 10.8. The van der Waals surface area contributed by atoms with E-state index in [1.54, 1.807) is 23.9 Å². The Bertz CT molecular complexity index is 362. The average Bonchev–Trinajstić information content (AvgIpc) is 2.50. The van der Waals surface area contributed by atoms with Crippen LogP contribution < -0.4 is 5.69 Å². The summed E-state index contributed by atoms with van der Waals surface area (Å²) in [6.07, 6.45) is 4.80. The number of hydrogen-bond donors (Lipinski definition) is 0. The highest BCUT2D eigenvalue weighted by Crippen LogP contribution is 1.90. The lowest BCUT2D eigenvalue weighted by molar-refractivity contribution is -0.119. The zero-order valence-corrected chi connectivity index (χ0v) is 8.69. The molecule has 0 N–H and O–H groups in total. The standard InChI is InChI=1S/C10H16N2O2/c1-3-5-11-6-7-12(10(11)14)8-9(13)4-2/h6-7H,3-5,8H2,1-2H3. The first-order chi connectivity index (χ1) is 6.69. The Balaban J connectivity index is 2.79.